The summed E-state index contributed by atoms with van der Waals surface area (Å²) < 4.78 is 7.09. The number of amides is 2. The number of nitrogens with one attached hydrogen (secondary N) is 3. The predicted molar refractivity (Wildman–Crippen MR) is 182 cm³/mol. The van der Waals surface area contributed by atoms with E-state index in [0.717, 1.165) is 82.2 Å². The first-order valence-corrected chi connectivity index (χ1v) is 19.4. The van der Waals surface area contributed by atoms with Crippen LogP contribution in [0.5, 0.6) is 0 Å². The quantitative estimate of drug-likeness (QED) is 0.278. The minimum atomic E-state index is -0.137. The van der Waals surface area contributed by atoms with E-state index in [1.54, 1.807) is 0 Å². The molecule has 12 atom stereocenters. The minimum absolute atomic E-state index is 0.0451. The summed E-state index contributed by atoms with van der Waals surface area (Å²) in [7, 11) is 2.17. The van der Waals surface area contributed by atoms with Crippen molar-refractivity contribution in [3.8, 4) is 0 Å². The van der Waals surface area contributed by atoms with Crippen LogP contribution < -0.4 is 16.0 Å². The largest absolute Gasteiger partial charge is 0.357 e. The first-order chi connectivity index (χ1) is 22.0. The zero-order valence-electron chi connectivity index (χ0n) is 29.8. The lowest BCUT2D eigenvalue weighted by Gasteiger charge is -2.61. The molecule has 2 amide bonds. The highest BCUT2D eigenvalue weighted by molar-refractivity contribution is 5.96. The van der Waals surface area contributed by atoms with Gasteiger partial charge in [-0.1, -0.05) is 27.7 Å². The number of hydrogen-bond acceptors (Lipinski definition) is 6. The van der Waals surface area contributed by atoms with Gasteiger partial charge in [0.05, 0.1) is 6.10 Å². The summed E-state index contributed by atoms with van der Waals surface area (Å²) in [5.74, 6) is 4.88. The molecule has 3 saturated heterocycles. The number of carbonyl (C=O) groups is 2. The first kappa shape index (κ1) is 33.3. The molecule has 4 aliphatic carbocycles. The van der Waals surface area contributed by atoms with Crippen molar-refractivity contribution in [3.63, 3.8) is 0 Å². The molecule has 3 N–H and O–H groups in total. The minimum Gasteiger partial charge on any atom is -0.357 e. The fourth-order valence-electron chi connectivity index (χ4n) is 12.7. The molecule has 0 bridgehead atoms. The molecule has 46 heavy (non-hydrogen) atoms. The van der Waals surface area contributed by atoms with Crippen molar-refractivity contribution >= 4 is 11.8 Å². The van der Waals surface area contributed by atoms with Gasteiger partial charge in [0.15, 0.2) is 0 Å². The highest BCUT2D eigenvalue weighted by atomic mass is 16.5. The van der Waals surface area contributed by atoms with Gasteiger partial charge in [-0.25, -0.2) is 0 Å². The number of piperazine rings is 1. The van der Waals surface area contributed by atoms with Crippen LogP contribution in [0.25, 0.3) is 0 Å². The Kier molecular flexibility index (Phi) is 9.34. The summed E-state index contributed by atoms with van der Waals surface area (Å²) in [6.07, 6.45) is 13.7. The lowest BCUT2D eigenvalue weighted by atomic mass is 9.44. The lowest BCUT2D eigenvalue weighted by molar-refractivity contribution is -0.137. The van der Waals surface area contributed by atoms with Gasteiger partial charge in [-0.2, -0.15) is 0 Å². The van der Waals surface area contributed by atoms with Crippen molar-refractivity contribution < 1.29 is 14.3 Å². The van der Waals surface area contributed by atoms with Crippen LogP contribution in [-0.2, 0) is 14.3 Å². The molecule has 8 nitrogen and oxygen atoms in total. The number of piperidine rings is 1. The summed E-state index contributed by atoms with van der Waals surface area (Å²) in [4.78, 5) is 30.3. The zero-order chi connectivity index (χ0) is 32.3. The van der Waals surface area contributed by atoms with Gasteiger partial charge in [-0.05, 0) is 131 Å². The smallest absolute Gasteiger partial charge is 0.229 e. The van der Waals surface area contributed by atoms with Crippen LogP contribution in [0.15, 0.2) is 0 Å². The molecule has 1 spiro atoms. The molecule has 3 aliphatic heterocycles. The SMILES string of the molecule is C[C@@H]1CC[C@@]2(NC1)O[C@H]1C[C@H]3[C@@H]4CCC5C[C@H](NC(=O)CC(=O)NCCCN6CCN(C)CC6)CC[C@]5(C)[C@H]4CC[C@]3(C)[C@H]1[C@@H]2C. The van der Waals surface area contributed by atoms with E-state index in [1.165, 1.54) is 51.4 Å². The van der Waals surface area contributed by atoms with Gasteiger partial charge in [0, 0.05) is 51.2 Å². The molecule has 8 heteroatoms. The first-order valence-electron chi connectivity index (χ1n) is 19.4. The molecule has 7 fully saturated rings. The maximum Gasteiger partial charge on any atom is 0.229 e. The third kappa shape index (κ3) is 5.98. The van der Waals surface area contributed by atoms with E-state index in [0.29, 0.717) is 41.2 Å². The Morgan fingerprint density at radius 3 is 2.43 bits per heavy atom. The van der Waals surface area contributed by atoms with Crippen molar-refractivity contribution in [1.82, 2.24) is 25.8 Å². The molecule has 4 saturated carbocycles. The molecular formula is C38H65N5O3. The number of rotatable bonds is 7. The van der Waals surface area contributed by atoms with Gasteiger partial charge >= 0.3 is 0 Å². The van der Waals surface area contributed by atoms with Gasteiger partial charge in [0.2, 0.25) is 11.8 Å². The van der Waals surface area contributed by atoms with Crippen molar-refractivity contribution in [1.29, 1.82) is 0 Å². The van der Waals surface area contributed by atoms with E-state index in [1.807, 2.05) is 0 Å². The van der Waals surface area contributed by atoms with Gasteiger partial charge in [0.1, 0.15) is 12.1 Å². The second kappa shape index (κ2) is 12.9. The molecule has 7 aliphatic rings. The maximum atomic E-state index is 12.9. The molecule has 260 valence electrons. The summed E-state index contributed by atoms with van der Waals surface area (Å²) in [6, 6.07) is 0.211. The van der Waals surface area contributed by atoms with E-state index in [2.05, 4.69) is 60.5 Å². The van der Waals surface area contributed by atoms with E-state index >= 15 is 0 Å². The van der Waals surface area contributed by atoms with Crippen LogP contribution in [-0.4, -0.2) is 92.3 Å². The zero-order valence-corrected chi connectivity index (χ0v) is 29.8. The Bertz CT molecular complexity index is 1120. The van der Waals surface area contributed by atoms with E-state index in [4.69, 9.17) is 4.74 Å². The van der Waals surface area contributed by atoms with Crippen molar-refractivity contribution in [2.24, 2.45) is 52.3 Å². The number of hydrogen-bond donors (Lipinski definition) is 3. The third-order valence-electron chi connectivity index (χ3n) is 15.4. The summed E-state index contributed by atoms with van der Waals surface area (Å²) in [5.41, 5.74) is 0.697. The number of nitrogens with zero attached hydrogens (tertiary/aromatic N) is 2. The van der Waals surface area contributed by atoms with Crippen LogP contribution in [0.2, 0.25) is 0 Å². The van der Waals surface area contributed by atoms with E-state index < -0.39 is 0 Å². The maximum absolute atomic E-state index is 12.9. The standard InChI is InChI=1S/C38H65N5O3/c1-25-9-14-38(40-24-25)26(2)35-32(46-38)22-31-29-8-7-27-21-28(10-12-36(27,3)30(29)11-13-37(31,35)4)41-34(45)23-33(44)39-15-6-16-43-19-17-42(5)18-20-43/h25-32,35,40H,6-24H2,1-5H3,(H,39,44)(H,41,45)/t25-,26+,27?,28-,29-,30+,31+,32+,35+,36+,37+,38-/m1/s1. The van der Waals surface area contributed by atoms with Crippen LogP contribution in [0.4, 0.5) is 0 Å². The Hall–Kier alpha value is -1.22. The molecule has 7 rings (SSSR count). The van der Waals surface area contributed by atoms with Crippen LogP contribution in [0, 0.1) is 52.3 Å². The number of ether oxygens (including phenoxy) is 1. The van der Waals surface area contributed by atoms with Crippen LogP contribution in [0.1, 0.15) is 105 Å². The van der Waals surface area contributed by atoms with Crippen molar-refractivity contribution in [3.05, 3.63) is 0 Å². The average molecular weight is 640 g/mol. The normalized spacial score (nSPS) is 47.5. The molecule has 0 radical (unpaired) electrons. The predicted octanol–water partition coefficient (Wildman–Crippen LogP) is 4.63. The second-order valence-corrected chi connectivity index (χ2v) is 17.9. The third-order valence-corrected chi connectivity index (χ3v) is 15.4. The average Bonchev–Trinajstić information content (AvgIpc) is 3.47. The highest BCUT2D eigenvalue weighted by Crippen LogP contribution is 2.71. The molecule has 0 aromatic rings. The summed E-state index contributed by atoms with van der Waals surface area (Å²) >= 11 is 0. The topological polar surface area (TPSA) is 85.9 Å². The summed E-state index contributed by atoms with van der Waals surface area (Å²) in [6.45, 7) is 17.3. The Morgan fingerprint density at radius 2 is 1.67 bits per heavy atom. The van der Waals surface area contributed by atoms with Crippen molar-refractivity contribution in [2.45, 2.75) is 123 Å². The lowest BCUT2D eigenvalue weighted by Crippen LogP contribution is -2.58. The highest BCUT2D eigenvalue weighted by Gasteiger charge is 2.68. The van der Waals surface area contributed by atoms with Gasteiger partial charge in [0.25, 0.3) is 0 Å². The Labute approximate surface area is 279 Å². The monoisotopic (exact) mass is 640 g/mol. The Balaban J connectivity index is 0.886. The molecule has 0 aromatic heterocycles. The van der Waals surface area contributed by atoms with Gasteiger partial charge in [-0.15, -0.1) is 0 Å². The van der Waals surface area contributed by atoms with E-state index in [-0.39, 0.29) is 30.0 Å². The number of carbonyl (C=O) groups excluding carboxylic acids is 2. The molecule has 1 unspecified atom stereocenters. The van der Waals surface area contributed by atoms with Gasteiger partial charge < -0.3 is 25.2 Å². The van der Waals surface area contributed by atoms with Crippen LogP contribution >= 0.6 is 0 Å². The summed E-state index contributed by atoms with van der Waals surface area (Å²) in [5, 5.41) is 10.2. The van der Waals surface area contributed by atoms with Crippen LogP contribution in [0.3, 0.4) is 0 Å². The van der Waals surface area contributed by atoms with E-state index in [9.17, 15) is 9.59 Å². The number of likely N-dealkylation sites (N-methyl/N-ethyl adjacent to an activating group) is 1. The fourth-order valence-corrected chi connectivity index (χ4v) is 12.7. The second-order valence-electron chi connectivity index (χ2n) is 17.9. The molecule has 0 aromatic carbocycles. The van der Waals surface area contributed by atoms with Gasteiger partial charge in [-0.3, -0.25) is 14.9 Å². The molecular weight excluding hydrogens is 574 g/mol. The number of fused-ring (bicyclic) bond motifs is 7. The van der Waals surface area contributed by atoms with Crippen molar-refractivity contribution in [2.75, 3.05) is 52.9 Å². The fraction of sp³-hybridized carbons (Fsp3) is 0.947. The Morgan fingerprint density at radius 1 is 0.891 bits per heavy atom. The molecule has 3 heterocycles.